The van der Waals surface area contributed by atoms with E-state index < -0.39 is 0 Å². The zero-order chi connectivity index (χ0) is 19.2. The molecule has 0 amide bonds. The van der Waals surface area contributed by atoms with Crippen LogP contribution in [-0.4, -0.2) is 48.2 Å². The number of methoxy groups -OCH3 is 1. The first-order valence-corrected chi connectivity index (χ1v) is 9.09. The third-order valence-electron chi connectivity index (χ3n) is 4.64. The zero-order valence-electron chi connectivity index (χ0n) is 16.4. The van der Waals surface area contributed by atoms with Gasteiger partial charge in [0.15, 0.2) is 5.96 Å². The third kappa shape index (κ3) is 4.22. The molecular weight excluding hydrogens is 338 g/mol. The number of guanidine groups is 1. The molecule has 3 aromatic rings. The molecule has 0 saturated heterocycles. The second-order valence-corrected chi connectivity index (χ2v) is 6.44. The predicted octanol–water partition coefficient (Wildman–Crippen LogP) is 3.06. The summed E-state index contributed by atoms with van der Waals surface area (Å²) in [5, 5.41) is 3.44. The van der Waals surface area contributed by atoms with Crippen molar-refractivity contribution in [2.45, 2.75) is 20.0 Å². The Morgan fingerprint density at radius 3 is 2.70 bits per heavy atom. The molecule has 0 radical (unpaired) electrons. The Balaban J connectivity index is 1.62. The van der Waals surface area contributed by atoms with E-state index in [0.29, 0.717) is 0 Å². The van der Waals surface area contributed by atoms with Gasteiger partial charge < -0.3 is 19.5 Å². The molecule has 0 fully saturated rings. The molecule has 0 spiro atoms. The van der Waals surface area contributed by atoms with Crippen LogP contribution in [0.25, 0.3) is 11.0 Å². The van der Waals surface area contributed by atoms with Gasteiger partial charge in [-0.1, -0.05) is 30.3 Å². The lowest BCUT2D eigenvalue weighted by Crippen LogP contribution is -2.40. The van der Waals surface area contributed by atoms with Gasteiger partial charge in [0.1, 0.15) is 11.6 Å². The summed E-state index contributed by atoms with van der Waals surface area (Å²) in [5.41, 5.74) is 3.32. The highest BCUT2D eigenvalue weighted by atomic mass is 16.5. The Hall–Kier alpha value is -3.02. The van der Waals surface area contributed by atoms with Gasteiger partial charge in [0.25, 0.3) is 0 Å². The van der Waals surface area contributed by atoms with Crippen molar-refractivity contribution in [3.05, 3.63) is 59.9 Å². The first-order valence-electron chi connectivity index (χ1n) is 9.09. The number of nitrogens with zero attached hydrogens (tertiary/aromatic N) is 4. The van der Waals surface area contributed by atoms with E-state index in [1.165, 1.54) is 0 Å². The molecule has 6 nitrogen and oxygen atoms in total. The number of ether oxygens (including phenoxy) is 1. The number of hydrogen-bond donors (Lipinski definition) is 1. The van der Waals surface area contributed by atoms with Gasteiger partial charge in [0.05, 0.1) is 18.1 Å². The largest absolute Gasteiger partial charge is 0.496 e. The summed E-state index contributed by atoms with van der Waals surface area (Å²) in [6, 6.07) is 16.3. The molecule has 3 rings (SSSR count). The molecule has 0 aliphatic rings. The minimum atomic E-state index is 0.719. The van der Waals surface area contributed by atoms with Crippen molar-refractivity contribution in [3.63, 3.8) is 0 Å². The van der Waals surface area contributed by atoms with Crippen LogP contribution in [0, 0.1) is 6.92 Å². The van der Waals surface area contributed by atoms with E-state index in [4.69, 9.17) is 4.74 Å². The molecule has 6 heteroatoms. The third-order valence-corrected chi connectivity index (χ3v) is 4.64. The molecule has 142 valence electrons. The molecular formula is C21H27N5O. The fourth-order valence-electron chi connectivity index (χ4n) is 3.31. The van der Waals surface area contributed by atoms with E-state index in [2.05, 4.69) is 36.9 Å². The number of para-hydroxylation sites is 3. The van der Waals surface area contributed by atoms with Gasteiger partial charge >= 0.3 is 0 Å². The summed E-state index contributed by atoms with van der Waals surface area (Å²) < 4.78 is 7.68. The van der Waals surface area contributed by atoms with Crippen LogP contribution in [0.2, 0.25) is 0 Å². The zero-order valence-corrected chi connectivity index (χ0v) is 16.4. The number of rotatable bonds is 6. The van der Waals surface area contributed by atoms with Crippen LogP contribution in [0.15, 0.2) is 53.5 Å². The minimum Gasteiger partial charge on any atom is -0.496 e. The lowest BCUT2D eigenvalue weighted by molar-refractivity contribution is 0.396. The molecule has 0 aliphatic carbocycles. The monoisotopic (exact) mass is 365 g/mol. The molecule has 0 unspecified atom stereocenters. The predicted molar refractivity (Wildman–Crippen MR) is 110 cm³/mol. The van der Waals surface area contributed by atoms with Crippen LogP contribution in [0.3, 0.4) is 0 Å². The number of aryl methyl sites for hydroxylation is 1. The van der Waals surface area contributed by atoms with E-state index in [1.807, 2.05) is 50.4 Å². The minimum absolute atomic E-state index is 0.719. The number of benzene rings is 2. The van der Waals surface area contributed by atoms with Crippen molar-refractivity contribution >= 4 is 17.0 Å². The van der Waals surface area contributed by atoms with Gasteiger partial charge in [0.2, 0.25) is 0 Å². The van der Waals surface area contributed by atoms with Crippen molar-refractivity contribution in [1.29, 1.82) is 0 Å². The molecule has 1 heterocycles. The van der Waals surface area contributed by atoms with Crippen LogP contribution >= 0.6 is 0 Å². The average Bonchev–Trinajstić information content (AvgIpc) is 3.00. The van der Waals surface area contributed by atoms with Gasteiger partial charge in [-0.2, -0.15) is 0 Å². The number of aliphatic imine (C=N–C) groups is 1. The number of aromatic nitrogens is 2. The molecule has 1 N–H and O–H groups in total. The summed E-state index contributed by atoms with van der Waals surface area (Å²) in [6.07, 6.45) is 0. The summed E-state index contributed by atoms with van der Waals surface area (Å²) in [4.78, 5) is 11.1. The lowest BCUT2D eigenvalue weighted by atomic mass is 10.2. The summed E-state index contributed by atoms with van der Waals surface area (Å²) in [7, 11) is 5.53. The van der Waals surface area contributed by atoms with Gasteiger partial charge in [-0.15, -0.1) is 0 Å². The SMILES string of the molecule is CN=C(NCCn1c(C)nc2ccccc21)N(C)Cc1ccccc1OC. The molecule has 2 aromatic carbocycles. The first kappa shape index (κ1) is 18.8. The topological polar surface area (TPSA) is 54.7 Å². The van der Waals surface area contributed by atoms with Crippen LogP contribution in [0.4, 0.5) is 0 Å². The highest BCUT2D eigenvalue weighted by molar-refractivity contribution is 5.79. The van der Waals surface area contributed by atoms with Crippen LogP contribution in [0.5, 0.6) is 5.75 Å². The second kappa shape index (κ2) is 8.58. The normalized spacial score (nSPS) is 11.6. The van der Waals surface area contributed by atoms with Crippen molar-refractivity contribution in [2.75, 3.05) is 27.7 Å². The van der Waals surface area contributed by atoms with Crippen molar-refractivity contribution in [2.24, 2.45) is 4.99 Å². The maximum atomic E-state index is 5.45. The maximum Gasteiger partial charge on any atom is 0.193 e. The number of imidazole rings is 1. The first-order chi connectivity index (χ1) is 13.1. The number of nitrogens with one attached hydrogen (secondary N) is 1. The van der Waals surface area contributed by atoms with Crippen LogP contribution in [0.1, 0.15) is 11.4 Å². The number of fused-ring (bicyclic) bond motifs is 1. The fraction of sp³-hybridized carbons (Fsp3) is 0.333. The molecule has 0 aliphatic heterocycles. The van der Waals surface area contributed by atoms with Crippen molar-refractivity contribution < 1.29 is 4.74 Å². The number of hydrogen-bond acceptors (Lipinski definition) is 3. The second-order valence-electron chi connectivity index (χ2n) is 6.44. The highest BCUT2D eigenvalue weighted by Crippen LogP contribution is 2.19. The van der Waals surface area contributed by atoms with Gasteiger partial charge in [-0.05, 0) is 25.1 Å². The molecule has 0 bridgehead atoms. The molecule has 0 saturated carbocycles. The summed E-state index contributed by atoms with van der Waals surface area (Å²) in [6.45, 7) is 4.36. The van der Waals surface area contributed by atoms with E-state index in [-0.39, 0.29) is 0 Å². The Labute approximate surface area is 160 Å². The average molecular weight is 365 g/mol. The Morgan fingerprint density at radius 1 is 1.19 bits per heavy atom. The van der Waals surface area contributed by atoms with E-state index >= 15 is 0 Å². The molecule has 0 atom stereocenters. The Morgan fingerprint density at radius 2 is 1.93 bits per heavy atom. The fourth-order valence-corrected chi connectivity index (χ4v) is 3.31. The molecule has 27 heavy (non-hydrogen) atoms. The van der Waals surface area contributed by atoms with Crippen LogP contribution in [-0.2, 0) is 13.1 Å². The van der Waals surface area contributed by atoms with Crippen molar-refractivity contribution in [3.8, 4) is 5.75 Å². The van der Waals surface area contributed by atoms with Gasteiger partial charge in [-0.3, -0.25) is 4.99 Å². The van der Waals surface area contributed by atoms with Gasteiger partial charge in [-0.25, -0.2) is 4.98 Å². The van der Waals surface area contributed by atoms with E-state index in [9.17, 15) is 0 Å². The summed E-state index contributed by atoms with van der Waals surface area (Å²) >= 11 is 0. The van der Waals surface area contributed by atoms with Gasteiger partial charge in [0, 0.05) is 39.3 Å². The highest BCUT2D eigenvalue weighted by Gasteiger charge is 2.11. The lowest BCUT2D eigenvalue weighted by Gasteiger charge is -2.23. The van der Waals surface area contributed by atoms with Crippen molar-refractivity contribution in [1.82, 2.24) is 19.8 Å². The Bertz CT molecular complexity index is 931. The summed E-state index contributed by atoms with van der Waals surface area (Å²) in [5.74, 6) is 2.76. The standard InChI is InChI=1S/C21H27N5O/c1-16-24-18-10-6-7-11-19(18)26(16)14-13-23-21(22-2)25(3)15-17-9-5-8-12-20(17)27-4/h5-12H,13-15H2,1-4H3,(H,22,23). The van der Waals surface area contributed by atoms with E-state index in [0.717, 1.165) is 53.8 Å². The quantitative estimate of drug-likeness (QED) is 0.539. The van der Waals surface area contributed by atoms with Crippen LogP contribution < -0.4 is 10.1 Å². The smallest absolute Gasteiger partial charge is 0.193 e. The molecule has 1 aromatic heterocycles. The Kier molecular flexibility index (Phi) is 5.96. The van der Waals surface area contributed by atoms with E-state index in [1.54, 1.807) is 14.2 Å². The maximum absolute atomic E-state index is 5.45.